The van der Waals surface area contributed by atoms with Crippen molar-refractivity contribution in [2.75, 3.05) is 38.2 Å². The van der Waals surface area contributed by atoms with Crippen LogP contribution in [-0.2, 0) is 6.54 Å². The van der Waals surface area contributed by atoms with Gasteiger partial charge in [-0.3, -0.25) is 4.79 Å². The predicted molar refractivity (Wildman–Crippen MR) is 130 cm³/mol. The molecular weight excluding hydrogens is 428 g/mol. The molecule has 172 valence electrons. The topological polar surface area (TPSA) is 76.4 Å². The van der Waals surface area contributed by atoms with E-state index in [1.54, 1.807) is 19.6 Å². The minimum Gasteiger partial charge on any atom is -0.497 e. The Morgan fingerprint density at radius 3 is 2.29 bits per heavy atom. The lowest BCUT2D eigenvalue weighted by molar-refractivity contribution is 0.0746. The van der Waals surface area contributed by atoms with Crippen LogP contribution in [-0.4, -0.2) is 63.8 Å². The van der Waals surface area contributed by atoms with E-state index in [0.717, 1.165) is 48.0 Å². The first-order chi connectivity index (χ1) is 16.7. The summed E-state index contributed by atoms with van der Waals surface area (Å²) in [7, 11) is 1.65. The van der Waals surface area contributed by atoms with Crippen LogP contribution in [0, 0.1) is 0 Å². The monoisotopic (exact) mass is 454 g/mol. The fourth-order valence-electron chi connectivity index (χ4n) is 4.07. The van der Waals surface area contributed by atoms with Crippen LogP contribution < -0.4 is 9.64 Å². The Morgan fingerprint density at radius 1 is 0.912 bits per heavy atom. The van der Waals surface area contributed by atoms with E-state index in [-0.39, 0.29) is 5.91 Å². The van der Waals surface area contributed by atoms with Crippen LogP contribution in [0.15, 0.2) is 79.4 Å². The maximum absolute atomic E-state index is 13.0. The van der Waals surface area contributed by atoms with Crippen LogP contribution in [0.3, 0.4) is 0 Å². The lowest BCUT2D eigenvalue weighted by atomic mass is 10.1. The van der Waals surface area contributed by atoms with E-state index in [2.05, 4.69) is 20.1 Å². The summed E-state index contributed by atoms with van der Waals surface area (Å²) < 4.78 is 7.21. The Kier molecular flexibility index (Phi) is 6.20. The number of carbonyl (C=O) groups is 1. The Morgan fingerprint density at radius 2 is 1.68 bits per heavy atom. The SMILES string of the molecule is COc1ccc(-c2ccc(N3CCN(C(=O)c4ccc(Cn5ccnc5)cc4)CC3)nn2)cc1. The number of piperazine rings is 1. The zero-order valence-corrected chi connectivity index (χ0v) is 19.0. The molecule has 4 aromatic rings. The number of methoxy groups -OCH3 is 1. The highest BCUT2D eigenvalue weighted by Crippen LogP contribution is 2.22. The molecule has 1 aliphatic rings. The third-order valence-electron chi connectivity index (χ3n) is 6.05. The van der Waals surface area contributed by atoms with Gasteiger partial charge in [-0.25, -0.2) is 4.98 Å². The van der Waals surface area contributed by atoms with Crippen molar-refractivity contribution < 1.29 is 9.53 Å². The van der Waals surface area contributed by atoms with E-state index >= 15 is 0 Å². The van der Waals surface area contributed by atoms with Gasteiger partial charge in [0.05, 0.1) is 19.1 Å². The molecule has 0 aliphatic carbocycles. The number of hydrogen-bond donors (Lipinski definition) is 0. The van der Waals surface area contributed by atoms with Gasteiger partial charge in [0, 0.05) is 56.2 Å². The van der Waals surface area contributed by atoms with Gasteiger partial charge in [0.15, 0.2) is 5.82 Å². The quantitative estimate of drug-likeness (QED) is 0.445. The normalized spacial score (nSPS) is 13.7. The predicted octanol–water partition coefficient (Wildman–Crippen LogP) is 3.36. The standard InChI is InChI=1S/C26H26N6O2/c1-34-23-8-6-21(7-9-23)24-10-11-25(29-28-24)31-14-16-32(17-15-31)26(33)22-4-2-20(3-5-22)18-30-13-12-27-19-30/h2-13,19H,14-18H2,1H3. The molecule has 1 saturated heterocycles. The van der Waals surface area contributed by atoms with Crippen LogP contribution in [0.5, 0.6) is 5.75 Å². The lowest BCUT2D eigenvalue weighted by Gasteiger charge is -2.35. The van der Waals surface area contributed by atoms with E-state index < -0.39 is 0 Å². The second-order valence-corrected chi connectivity index (χ2v) is 8.22. The molecule has 3 heterocycles. The highest BCUT2D eigenvalue weighted by atomic mass is 16.5. The van der Waals surface area contributed by atoms with Crippen LogP contribution >= 0.6 is 0 Å². The smallest absolute Gasteiger partial charge is 0.253 e. The first kappa shape index (κ1) is 21.6. The van der Waals surface area contributed by atoms with E-state index in [1.807, 2.05) is 76.3 Å². The fourth-order valence-corrected chi connectivity index (χ4v) is 4.07. The van der Waals surface area contributed by atoms with Crippen molar-refractivity contribution in [3.05, 3.63) is 90.5 Å². The van der Waals surface area contributed by atoms with E-state index in [9.17, 15) is 4.79 Å². The Bertz CT molecular complexity index is 1210. The van der Waals surface area contributed by atoms with Crippen LogP contribution in [0.1, 0.15) is 15.9 Å². The van der Waals surface area contributed by atoms with Crippen molar-refractivity contribution >= 4 is 11.7 Å². The number of ether oxygens (including phenoxy) is 1. The fraction of sp³-hybridized carbons (Fsp3) is 0.231. The number of aromatic nitrogens is 4. The van der Waals surface area contributed by atoms with Gasteiger partial charge in [0.1, 0.15) is 5.75 Å². The van der Waals surface area contributed by atoms with Gasteiger partial charge in [-0.2, -0.15) is 0 Å². The summed E-state index contributed by atoms with van der Waals surface area (Å²) >= 11 is 0. The Balaban J connectivity index is 1.17. The number of rotatable bonds is 6. The highest BCUT2D eigenvalue weighted by molar-refractivity contribution is 5.94. The van der Waals surface area contributed by atoms with Gasteiger partial charge in [-0.1, -0.05) is 12.1 Å². The minimum absolute atomic E-state index is 0.0646. The summed E-state index contributed by atoms with van der Waals surface area (Å²) in [5, 5.41) is 8.82. The molecule has 34 heavy (non-hydrogen) atoms. The minimum atomic E-state index is 0.0646. The van der Waals surface area contributed by atoms with Gasteiger partial charge in [0.25, 0.3) is 5.91 Å². The molecule has 0 bridgehead atoms. The highest BCUT2D eigenvalue weighted by Gasteiger charge is 2.23. The molecule has 1 aliphatic heterocycles. The van der Waals surface area contributed by atoms with Gasteiger partial charge in [-0.05, 0) is 54.1 Å². The van der Waals surface area contributed by atoms with Gasteiger partial charge in [-0.15, -0.1) is 10.2 Å². The van der Waals surface area contributed by atoms with Crippen molar-refractivity contribution in [3.8, 4) is 17.0 Å². The second-order valence-electron chi connectivity index (χ2n) is 8.22. The van der Waals surface area contributed by atoms with Crippen molar-refractivity contribution in [1.82, 2.24) is 24.6 Å². The van der Waals surface area contributed by atoms with Crippen LogP contribution in [0.2, 0.25) is 0 Å². The Hall–Kier alpha value is -4.20. The van der Waals surface area contributed by atoms with Crippen molar-refractivity contribution in [3.63, 3.8) is 0 Å². The first-order valence-electron chi connectivity index (χ1n) is 11.3. The van der Waals surface area contributed by atoms with E-state index in [1.165, 1.54) is 0 Å². The van der Waals surface area contributed by atoms with Crippen molar-refractivity contribution in [2.45, 2.75) is 6.54 Å². The van der Waals surface area contributed by atoms with Gasteiger partial charge >= 0.3 is 0 Å². The molecule has 5 rings (SSSR count). The summed E-state index contributed by atoms with van der Waals surface area (Å²) in [5.41, 5.74) is 3.66. The molecule has 8 heteroatoms. The molecule has 2 aromatic carbocycles. The molecule has 0 atom stereocenters. The Labute approximate surface area is 198 Å². The molecule has 2 aromatic heterocycles. The summed E-state index contributed by atoms with van der Waals surface area (Å²) in [4.78, 5) is 21.1. The van der Waals surface area contributed by atoms with Crippen LogP contribution in [0.4, 0.5) is 5.82 Å². The first-order valence-corrected chi connectivity index (χ1v) is 11.3. The average molecular weight is 455 g/mol. The van der Waals surface area contributed by atoms with Crippen molar-refractivity contribution in [1.29, 1.82) is 0 Å². The molecule has 0 N–H and O–H groups in total. The molecule has 1 amide bonds. The largest absolute Gasteiger partial charge is 0.497 e. The number of imidazole rings is 1. The van der Waals surface area contributed by atoms with Crippen LogP contribution in [0.25, 0.3) is 11.3 Å². The number of nitrogens with zero attached hydrogens (tertiary/aromatic N) is 6. The zero-order valence-electron chi connectivity index (χ0n) is 19.0. The zero-order chi connectivity index (χ0) is 23.3. The molecule has 8 nitrogen and oxygen atoms in total. The summed E-state index contributed by atoms with van der Waals surface area (Å²) in [6, 6.07) is 19.6. The summed E-state index contributed by atoms with van der Waals surface area (Å²) in [6.45, 7) is 3.49. The number of hydrogen-bond acceptors (Lipinski definition) is 6. The maximum Gasteiger partial charge on any atom is 0.253 e. The summed E-state index contributed by atoms with van der Waals surface area (Å²) in [5.74, 6) is 1.70. The second kappa shape index (κ2) is 9.74. The molecular formula is C26H26N6O2. The van der Waals surface area contributed by atoms with Gasteiger partial charge in [0.2, 0.25) is 0 Å². The van der Waals surface area contributed by atoms with Crippen molar-refractivity contribution in [2.24, 2.45) is 0 Å². The molecule has 0 radical (unpaired) electrons. The molecule has 0 unspecified atom stereocenters. The molecule has 0 spiro atoms. The lowest BCUT2D eigenvalue weighted by Crippen LogP contribution is -2.49. The van der Waals surface area contributed by atoms with Gasteiger partial charge < -0.3 is 19.1 Å². The van der Waals surface area contributed by atoms with E-state index in [0.29, 0.717) is 18.7 Å². The third-order valence-corrected chi connectivity index (χ3v) is 6.05. The van der Waals surface area contributed by atoms with E-state index in [4.69, 9.17) is 4.74 Å². The molecule has 1 fully saturated rings. The average Bonchev–Trinajstić information content (AvgIpc) is 3.42. The maximum atomic E-state index is 13.0. The number of anilines is 1. The third kappa shape index (κ3) is 4.76. The number of benzene rings is 2. The number of amides is 1. The molecule has 0 saturated carbocycles. The number of carbonyl (C=O) groups excluding carboxylic acids is 1. The summed E-state index contributed by atoms with van der Waals surface area (Å²) in [6.07, 6.45) is 5.48.